The molecule has 5 heterocycles. The Bertz CT molecular complexity index is 1450. The second-order valence-electron chi connectivity index (χ2n) is 10.8. The zero-order chi connectivity index (χ0) is 28.7. The molecule has 0 saturated carbocycles. The summed E-state index contributed by atoms with van der Waals surface area (Å²) in [5.41, 5.74) is 1.18. The van der Waals surface area contributed by atoms with Crippen molar-refractivity contribution in [3.05, 3.63) is 28.4 Å². The van der Waals surface area contributed by atoms with Gasteiger partial charge in [0.1, 0.15) is 23.1 Å². The molecule has 218 valence electrons. The van der Waals surface area contributed by atoms with E-state index >= 15 is 0 Å². The van der Waals surface area contributed by atoms with Gasteiger partial charge in [-0.25, -0.2) is 15.0 Å². The number of pyridine rings is 1. The number of nitrogens with zero attached hydrogens (tertiary/aromatic N) is 4. The van der Waals surface area contributed by atoms with Gasteiger partial charge in [-0.2, -0.15) is 0 Å². The fourth-order valence-corrected chi connectivity index (χ4v) is 6.52. The average Bonchev–Trinajstić information content (AvgIpc) is 3.44. The van der Waals surface area contributed by atoms with Crippen LogP contribution in [0.2, 0.25) is 10.0 Å². The van der Waals surface area contributed by atoms with Crippen molar-refractivity contribution in [2.45, 2.75) is 31.8 Å². The van der Waals surface area contributed by atoms with Gasteiger partial charge in [0.15, 0.2) is 5.82 Å². The molecule has 2 N–H and O–H groups in total. The van der Waals surface area contributed by atoms with Gasteiger partial charge in [-0.05, 0) is 18.9 Å². The van der Waals surface area contributed by atoms with Gasteiger partial charge < -0.3 is 34.5 Å². The van der Waals surface area contributed by atoms with Crippen LogP contribution >= 0.6 is 23.2 Å². The zero-order valence-corrected chi connectivity index (χ0v) is 24.6. The molecule has 0 unspecified atom stereocenters. The molecule has 1 aromatic carbocycles. The molecule has 1 spiro atoms. The molecule has 2 aromatic heterocycles. The lowest BCUT2D eigenvalue weighted by molar-refractivity contribution is -0.120. The molecule has 3 aliphatic rings. The highest BCUT2D eigenvalue weighted by molar-refractivity contribution is 6.41. The Morgan fingerprint density at radius 3 is 2.49 bits per heavy atom. The molecule has 0 radical (unpaired) electrons. The van der Waals surface area contributed by atoms with Crippen molar-refractivity contribution >= 4 is 51.6 Å². The third kappa shape index (κ3) is 5.31. The predicted molar refractivity (Wildman–Crippen MR) is 156 cm³/mol. The fourth-order valence-electron chi connectivity index (χ4n) is 5.85. The molecular weight excluding hydrogens is 571 g/mol. The Labute approximate surface area is 247 Å². The SMILES string of the molecule is COc1cc(OC)c(Cl)c(-c2nc(N3CC4(CCOC4)C3)c3cc(N[C@@H]4COCC[C@@H]4NC(C)=O)ncc3n2)c1Cl. The van der Waals surface area contributed by atoms with Gasteiger partial charge in [-0.3, -0.25) is 4.79 Å². The number of amides is 1. The molecule has 1 amide bonds. The maximum absolute atomic E-state index is 11.8. The standard InChI is InChI=1S/C28H32Cl2N6O5/c1-15(37)32-17-4-6-40-11-19(17)33-22-8-16-18(10-31-22)34-26(23-24(29)20(38-2)9-21(39-3)25(23)30)35-27(16)36-12-28(13-36)5-7-41-14-28/h8-10,17,19H,4-7,11-14H2,1-3H3,(H,31,33)(H,32,37)/t17-,19+/m0/s1. The monoisotopic (exact) mass is 602 g/mol. The average molecular weight is 604 g/mol. The largest absolute Gasteiger partial charge is 0.495 e. The van der Waals surface area contributed by atoms with E-state index < -0.39 is 0 Å². The van der Waals surface area contributed by atoms with Crippen LogP contribution in [0.15, 0.2) is 18.3 Å². The van der Waals surface area contributed by atoms with E-state index in [4.69, 9.17) is 52.1 Å². The Morgan fingerprint density at radius 2 is 1.83 bits per heavy atom. The van der Waals surface area contributed by atoms with Crippen molar-refractivity contribution in [1.29, 1.82) is 0 Å². The molecule has 2 atom stereocenters. The summed E-state index contributed by atoms with van der Waals surface area (Å²) in [5, 5.41) is 7.89. The van der Waals surface area contributed by atoms with E-state index in [0.717, 1.165) is 43.9 Å². The molecule has 6 rings (SSSR count). The van der Waals surface area contributed by atoms with Crippen molar-refractivity contribution < 1.29 is 23.7 Å². The van der Waals surface area contributed by atoms with E-state index in [1.54, 1.807) is 12.3 Å². The van der Waals surface area contributed by atoms with Crippen LogP contribution in [0.5, 0.6) is 11.5 Å². The van der Waals surface area contributed by atoms with E-state index in [1.807, 2.05) is 6.07 Å². The summed E-state index contributed by atoms with van der Waals surface area (Å²) in [4.78, 5) is 28.5. The van der Waals surface area contributed by atoms with Gasteiger partial charge in [0.2, 0.25) is 5.91 Å². The lowest BCUT2D eigenvalue weighted by Crippen LogP contribution is -2.57. The number of halogens is 2. The van der Waals surface area contributed by atoms with Crippen LogP contribution in [0.1, 0.15) is 19.8 Å². The molecule has 3 aromatic rings. The van der Waals surface area contributed by atoms with Gasteiger partial charge >= 0.3 is 0 Å². The van der Waals surface area contributed by atoms with Crippen molar-refractivity contribution in [3.63, 3.8) is 0 Å². The van der Waals surface area contributed by atoms with Crippen molar-refractivity contribution in [2.75, 3.05) is 64.0 Å². The minimum atomic E-state index is -0.133. The van der Waals surface area contributed by atoms with E-state index in [-0.39, 0.29) is 23.4 Å². The third-order valence-corrected chi connectivity index (χ3v) is 8.73. The minimum absolute atomic E-state index is 0.0678. The molecule has 3 fully saturated rings. The predicted octanol–water partition coefficient (Wildman–Crippen LogP) is 3.95. The minimum Gasteiger partial charge on any atom is -0.495 e. The first kappa shape index (κ1) is 28.0. The number of benzene rings is 1. The highest BCUT2D eigenvalue weighted by Crippen LogP contribution is 2.47. The van der Waals surface area contributed by atoms with Gasteiger partial charge in [0, 0.05) is 50.1 Å². The maximum atomic E-state index is 11.8. The van der Waals surface area contributed by atoms with Crippen LogP contribution in [0.4, 0.5) is 11.6 Å². The topological polar surface area (TPSA) is 120 Å². The van der Waals surface area contributed by atoms with Crippen molar-refractivity contribution in [1.82, 2.24) is 20.3 Å². The first-order chi connectivity index (χ1) is 19.8. The molecule has 11 nitrogen and oxygen atoms in total. The second-order valence-corrected chi connectivity index (χ2v) is 11.6. The number of nitrogens with one attached hydrogen (secondary N) is 2. The van der Waals surface area contributed by atoms with Gasteiger partial charge in [0.25, 0.3) is 0 Å². The number of fused-ring (bicyclic) bond motifs is 1. The summed E-state index contributed by atoms with van der Waals surface area (Å²) < 4.78 is 22.4. The Balaban J connectivity index is 1.42. The van der Waals surface area contributed by atoms with Crippen LogP contribution in [0.3, 0.4) is 0 Å². The molecule has 3 aliphatic heterocycles. The summed E-state index contributed by atoms with van der Waals surface area (Å²) in [5.74, 6) is 2.46. The second kappa shape index (κ2) is 11.3. The zero-order valence-electron chi connectivity index (χ0n) is 23.1. The Hall–Kier alpha value is -3.12. The molecule has 3 saturated heterocycles. The normalized spacial score (nSPS) is 21.5. The number of anilines is 2. The van der Waals surface area contributed by atoms with Gasteiger partial charge in [-0.15, -0.1) is 0 Å². The number of rotatable bonds is 7. The molecule has 41 heavy (non-hydrogen) atoms. The van der Waals surface area contributed by atoms with E-state index in [9.17, 15) is 4.79 Å². The summed E-state index contributed by atoms with van der Waals surface area (Å²) in [6, 6.07) is 3.38. The molecule has 13 heteroatoms. The van der Waals surface area contributed by atoms with Gasteiger partial charge in [-0.1, -0.05) is 23.2 Å². The number of hydrogen-bond acceptors (Lipinski definition) is 10. The Kier molecular flexibility index (Phi) is 7.71. The smallest absolute Gasteiger partial charge is 0.217 e. The van der Waals surface area contributed by atoms with Gasteiger partial charge in [0.05, 0.1) is 66.8 Å². The Morgan fingerprint density at radius 1 is 1.07 bits per heavy atom. The number of aromatic nitrogens is 3. The number of carbonyl (C=O) groups is 1. The maximum Gasteiger partial charge on any atom is 0.217 e. The van der Waals surface area contributed by atoms with E-state index in [1.165, 1.54) is 21.1 Å². The van der Waals surface area contributed by atoms with Crippen LogP contribution in [-0.4, -0.2) is 86.7 Å². The lowest BCUT2D eigenvalue weighted by atomic mass is 9.79. The fraction of sp³-hybridized carbons (Fsp3) is 0.500. The number of carbonyl (C=O) groups excluding carboxylic acids is 1. The lowest BCUT2D eigenvalue weighted by Gasteiger charge is -2.48. The quantitative estimate of drug-likeness (QED) is 0.411. The number of hydrogen-bond donors (Lipinski definition) is 2. The van der Waals surface area contributed by atoms with Crippen LogP contribution in [-0.2, 0) is 14.3 Å². The highest BCUT2D eigenvalue weighted by Gasteiger charge is 2.47. The van der Waals surface area contributed by atoms with E-state index in [0.29, 0.717) is 63.9 Å². The van der Waals surface area contributed by atoms with Crippen LogP contribution in [0, 0.1) is 5.41 Å². The molecule has 0 aliphatic carbocycles. The summed E-state index contributed by atoms with van der Waals surface area (Å²) in [6.45, 7) is 5.71. The van der Waals surface area contributed by atoms with Crippen molar-refractivity contribution in [3.8, 4) is 22.9 Å². The summed E-state index contributed by atoms with van der Waals surface area (Å²) in [6.07, 6.45) is 3.44. The highest BCUT2D eigenvalue weighted by atomic mass is 35.5. The third-order valence-electron chi connectivity index (χ3n) is 7.97. The first-order valence-electron chi connectivity index (χ1n) is 13.5. The molecule has 0 bridgehead atoms. The molecular formula is C28H32Cl2N6O5. The van der Waals surface area contributed by atoms with E-state index in [2.05, 4.69) is 20.5 Å². The van der Waals surface area contributed by atoms with Crippen molar-refractivity contribution in [2.24, 2.45) is 5.41 Å². The van der Waals surface area contributed by atoms with Crippen LogP contribution in [0.25, 0.3) is 22.3 Å². The summed E-state index contributed by atoms with van der Waals surface area (Å²) >= 11 is 13.5. The summed E-state index contributed by atoms with van der Waals surface area (Å²) in [7, 11) is 3.06. The number of methoxy groups -OCH3 is 2. The van der Waals surface area contributed by atoms with Crippen LogP contribution < -0.4 is 25.0 Å². The number of ether oxygens (including phenoxy) is 4. The first-order valence-corrected chi connectivity index (χ1v) is 14.3.